The zero-order valence-electron chi connectivity index (χ0n) is 14.4. The Labute approximate surface area is 149 Å². The van der Waals surface area contributed by atoms with E-state index in [1.54, 1.807) is 4.57 Å². The minimum atomic E-state index is -1.27. The van der Waals surface area contributed by atoms with Crippen LogP contribution in [-0.2, 0) is 4.74 Å². The van der Waals surface area contributed by atoms with Gasteiger partial charge in [0.2, 0.25) is 5.95 Å². The molecule has 4 atom stereocenters. The second-order valence-corrected chi connectivity index (χ2v) is 7.08. The summed E-state index contributed by atoms with van der Waals surface area (Å²) in [7, 11) is 0. The van der Waals surface area contributed by atoms with Crippen molar-refractivity contribution < 1.29 is 20.1 Å². The third-order valence-corrected chi connectivity index (χ3v) is 5.30. The largest absolute Gasteiger partial charge is 0.394 e. The molecule has 2 aliphatic heterocycles. The van der Waals surface area contributed by atoms with E-state index in [1.165, 1.54) is 6.33 Å². The van der Waals surface area contributed by atoms with E-state index in [0.717, 1.165) is 25.9 Å². The van der Waals surface area contributed by atoms with Crippen molar-refractivity contribution in [2.24, 2.45) is 5.92 Å². The normalized spacial score (nSPS) is 30.4. The van der Waals surface area contributed by atoms with Crippen molar-refractivity contribution in [1.29, 1.82) is 0 Å². The Balaban J connectivity index is 1.83. The number of aromatic nitrogens is 4. The Morgan fingerprint density at radius 1 is 1.31 bits per heavy atom. The predicted octanol–water partition coefficient (Wildman–Crippen LogP) is -1.03. The average molecular weight is 365 g/mol. The summed E-state index contributed by atoms with van der Waals surface area (Å²) in [6.45, 7) is 3.29. The minimum Gasteiger partial charge on any atom is -0.394 e. The molecule has 2 aromatic heterocycles. The van der Waals surface area contributed by atoms with Gasteiger partial charge in [0.1, 0.15) is 18.3 Å². The van der Waals surface area contributed by atoms with E-state index in [4.69, 9.17) is 4.74 Å². The van der Waals surface area contributed by atoms with Gasteiger partial charge in [0.25, 0.3) is 5.56 Å². The molecule has 2 aliphatic rings. The van der Waals surface area contributed by atoms with Crippen LogP contribution in [0.1, 0.15) is 26.0 Å². The van der Waals surface area contributed by atoms with Gasteiger partial charge in [-0.1, -0.05) is 6.92 Å². The molecule has 0 unspecified atom stereocenters. The zero-order chi connectivity index (χ0) is 18.4. The van der Waals surface area contributed by atoms with Crippen LogP contribution >= 0.6 is 0 Å². The van der Waals surface area contributed by atoms with Crippen LogP contribution in [0.25, 0.3) is 11.2 Å². The number of rotatable bonds is 3. The lowest BCUT2D eigenvalue weighted by atomic mass is 10.00. The molecule has 0 radical (unpaired) electrons. The number of nitrogens with one attached hydrogen (secondary N) is 1. The van der Waals surface area contributed by atoms with E-state index in [1.807, 2.05) is 4.90 Å². The molecule has 2 fully saturated rings. The van der Waals surface area contributed by atoms with Crippen LogP contribution in [-0.4, -0.2) is 72.8 Å². The number of aliphatic hydroxyl groups excluding tert-OH is 3. The van der Waals surface area contributed by atoms with Crippen molar-refractivity contribution in [3.63, 3.8) is 0 Å². The number of H-pyrrole nitrogens is 1. The third kappa shape index (κ3) is 2.69. The Morgan fingerprint density at radius 2 is 2.04 bits per heavy atom. The van der Waals surface area contributed by atoms with Gasteiger partial charge in [-0.2, -0.15) is 0 Å². The molecule has 26 heavy (non-hydrogen) atoms. The molecule has 0 aromatic carbocycles. The van der Waals surface area contributed by atoms with E-state index >= 15 is 0 Å². The number of ether oxygens (including phenoxy) is 1. The van der Waals surface area contributed by atoms with E-state index in [-0.39, 0.29) is 16.7 Å². The van der Waals surface area contributed by atoms with Gasteiger partial charge in [0.05, 0.1) is 12.9 Å². The maximum atomic E-state index is 12.2. The second kappa shape index (κ2) is 6.62. The summed E-state index contributed by atoms with van der Waals surface area (Å²) in [5.74, 6) is 1.09. The maximum Gasteiger partial charge on any atom is 0.278 e. The summed E-state index contributed by atoms with van der Waals surface area (Å²) in [5, 5.41) is 29.9. The highest BCUT2D eigenvalue weighted by Crippen LogP contribution is 2.35. The quantitative estimate of drug-likeness (QED) is 0.542. The minimum absolute atomic E-state index is 0.152. The smallest absolute Gasteiger partial charge is 0.278 e. The molecular weight excluding hydrogens is 342 g/mol. The highest BCUT2D eigenvalue weighted by molar-refractivity contribution is 5.73. The third-order valence-electron chi connectivity index (χ3n) is 5.30. The van der Waals surface area contributed by atoms with Gasteiger partial charge in [0, 0.05) is 13.1 Å². The first kappa shape index (κ1) is 17.4. The number of fused-ring (bicyclic) bond motifs is 1. The van der Waals surface area contributed by atoms with E-state index < -0.39 is 31.1 Å². The molecule has 0 bridgehead atoms. The Hall–Kier alpha value is -2.01. The number of anilines is 1. The molecule has 10 nitrogen and oxygen atoms in total. The molecule has 4 N–H and O–H groups in total. The Morgan fingerprint density at radius 3 is 2.69 bits per heavy atom. The van der Waals surface area contributed by atoms with Crippen LogP contribution in [0.5, 0.6) is 0 Å². The number of nitrogens with zero attached hydrogens (tertiary/aromatic N) is 4. The molecule has 0 aliphatic carbocycles. The summed E-state index contributed by atoms with van der Waals surface area (Å²) in [4.78, 5) is 25.4. The van der Waals surface area contributed by atoms with Crippen LogP contribution in [0.4, 0.5) is 5.95 Å². The van der Waals surface area contributed by atoms with Crippen molar-refractivity contribution in [3.05, 3.63) is 16.7 Å². The fourth-order valence-corrected chi connectivity index (χ4v) is 3.67. The predicted molar refractivity (Wildman–Crippen MR) is 91.8 cm³/mol. The van der Waals surface area contributed by atoms with Crippen molar-refractivity contribution in [3.8, 4) is 0 Å². The lowest BCUT2D eigenvalue weighted by Crippen LogP contribution is -2.37. The van der Waals surface area contributed by atoms with E-state index in [2.05, 4.69) is 21.9 Å². The van der Waals surface area contributed by atoms with Crippen LogP contribution in [0.15, 0.2) is 11.1 Å². The molecule has 0 amide bonds. The summed E-state index contributed by atoms with van der Waals surface area (Å²) in [6, 6.07) is 0. The fourth-order valence-electron chi connectivity index (χ4n) is 3.67. The average Bonchev–Trinajstić information content (AvgIpc) is 3.15. The van der Waals surface area contributed by atoms with Gasteiger partial charge in [0.15, 0.2) is 17.4 Å². The zero-order valence-corrected chi connectivity index (χ0v) is 14.4. The topological polar surface area (TPSA) is 137 Å². The summed E-state index contributed by atoms with van der Waals surface area (Å²) >= 11 is 0. The molecule has 4 heterocycles. The highest BCUT2D eigenvalue weighted by Gasteiger charge is 2.45. The van der Waals surface area contributed by atoms with Gasteiger partial charge >= 0.3 is 0 Å². The molecular formula is C16H23N5O5. The summed E-state index contributed by atoms with van der Waals surface area (Å²) in [5.41, 5.74) is 0.0446. The lowest BCUT2D eigenvalue weighted by molar-refractivity contribution is -0.0505. The van der Waals surface area contributed by atoms with Gasteiger partial charge in [-0.25, -0.2) is 9.97 Å². The van der Waals surface area contributed by atoms with Crippen LogP contribution < -0.4 is 10.5 Å². The second-order valence-electron chi connectivity index (χ2n) is 7.08. The molecule has 2 aromatic rings. The molecule has 0 saturated carbocycles. The van der Waals surface area contributed by atoms with E-state index in [9.17, 15) is 20.1 Å². The number of aliphatic hydroxyl groups is 3. The van der Waals surface area contributed by atoms with Crippen molar-refractivity contribution >= 4 is 17.1 Å². The molecule has 142 valence electrons. The molecule has 2 saturated heterocycles. The van der Waals surface area contributed by atoms with Crippen molar-refractivity contribution in [2.45, 2.75) is 44.3 Å². The monoisotopic (exact) mass is 365 g/mol. The Kier molecular flexibility index (Phi) is 4.43. The number of hydrogen-bond acceptors (Lipinski definition) is 8. The van der Waals surface area contributed by atoms with Crippen LogP contribution in [0.2, 0.25) is 0 Å². The Bertz CT molecular complexity index is 843. The first-order valence-electron chi connectivity index (χ1n) is 8.84. The summed E-state index contributed by atoms with van der Waals surface area (Å²) in [6.07, 6.45) is -1.16. The van der Waals surface area contributed by atoms with Crippen molar-refractivity contribution in [2.75, 3.05) is 24.6 Å². The van der Waals surface area contributed by atoms with E-state index in [0.29, 0.717) is 11.9 Å². The van der Waals surface area contributed by atoms with Crippen molar-refractivity contribution in [1.82, 2.24) is 19.5 Å². The van der Waals surface area contributed by atoms with Crippen LogP contribution in [0, 0.1) is 5.92 Å². The number of hydrogen-bond donors (Lipinski definition) is 4. The number of imidazole rings is 1. The fraction of sp³-hybridized carbons (Fsp3) is 0.688. The van der Waals surface area contributed by atoms with Gasteiger partial charge in [-0.3, -0.25) is 9.36 Å². The molecule has 10 heteroatoms. The molecule has 0 spiro atoms. The first-order chi connectivity index (χ1) is 12.5. The first-order valence-corrected chi connectivity index (χ1v) is 8.84. The number of piperidine rings is 1. The number of aromatic amines is 1. The van der Waals surface area contributed by atoms with Crippen LogP contribution in [0.3, 0.4) is 0 Å². The standard InChI is InChI=1S/C16H23N5O5/c1-8-2-4-20(5-3-8)16-19-10-13(17-7-18-14(10)25)21(16)15-12(24)11(23)9(6-22)26-15/h7-9,11-12,15,22-24H,2-6H2,1H3,(H,17,18,25)/t9-,11+,12-,15-/m1/s1. The van der Waals surface area contributed by atoms with Gasteiger partial charge < -0.3 is 29.9 Å². The molecule has 4 rings (SSSR count). The SMILES string of the molecule is CC1CCN(c2nc3c(=O)[nH]cnc3n2[C@@H]2O[C@H](CO)[C@H](O)[C@H]2O)CC1. The van der Waals surface area contributed by atoms with Gasteiger partial charge in [-0.05, 0) is 18.8 Å². The lowest BCUT2D eigenvalue weighted by Gasteiger charge is -2.32. The summed E-state index contributed by atoms with van der Waals surface area (Å²) < 4.78 is 7.23. The van der Waals surface area contributed by atoms with Gasteiger partial charge in [-0.15, -0.1) is 0 Å². The maximum absolute atomic E-state index is 12.2. The highest BCUT2D eigenvalue weighted by atomic mass is 16.6.